The minimum Gasteiger partial charge on any atom is -0.329 e. The molecule has 1 atom stereocenters. The van der Waals surface area contributed by atoms with Gasteiger partial charge in [0, 0.05) is 30.9 Å². The van der Waals surface area contributed by atoms with Crippen molar-refractivity contribution in [3.05, 3.63) is 48.3 Å². The maximum absolute atomic E-state index is 5.81. The highest BCUT2D eigenvalue weighted by Crippen LogP contribution is 2.19. The zero-order valence-electron chi connectivity index (χ0n) is 11.5. The molecule has 1 unspecified atom stereocenters. The zero-order valence-corrected chi connectivity index (χ0v) is 12.3. The first-order valence-corrected chi connectivity index (χ1v) is 6.90. The predicted molar refractivity (Wildman–Crippen MR) is 83.3 cm³/mol. The van der Waals surface area contributed by atoms with Crippen LogP contribution in [-0.4, -0.2) is 33.8 Å². The number of benzene rings is 1. The van der Waals surface area contributed by atoms with E-state index in [1.807, 2.05) is 29.1 Å². The van der Waals surface area contributed by atoms with Crippen LogP contribution in [0, 0.1) is 0 Å². The van der Waals surface area contributed by atoms with Crippen molar-refractivity contribution in [2.45, 2.75) is 25.4 Å². The molecule has 1 aromatic heterocycles. The first-order chi connectivity index (χ1) is 9.36. The largest absolute Gasteiger partial charge is 0.329 e. The first kappa shape index (κ1) is 15.0. The summed E-state index contributed by atoms with van der Waals surface area (Å²) in [4.78, 5) is 2.46. The van der Waals surface area contributed by atoms with Crippen LogP contribution in [0.15, 0.2) is 42.7 Å². The van der Waals surface area contributed by atoms with Crippen LogP contribution < -0.4 is 5.73 Å². The van der Waals surface area contributed by atoms with Crippen molar-refractivity contribution in [3.8, 4) is 5.69 Å². The third-order valence-corrected chi connectivity index (χ3v) is 3.81. The Morgan fingerprint density at radius 1 is 1.25 bits per heavy atom. The van der Waals surface area contributed by atoms with Crippen LogP contribution in [-0.2, 0) is 6.54 Å². The Hall–Kier alpha value is -1.36. The Bertz CT molecular complexity index is 526. The summed E-state index contributed by atoms with van der Waals surface area (Å²) in [7, 11) is 0. The van der Waals surface area contributed by atoms with Crippen molar-refractivity contribution >= 4 is 12.4 Å². The molecule has 0 spiro atoms. The average Bonchev–Trinajstić information content (AvgIpc) is 3.09. The van der Waals surface area contributed by atoms with Crippen molar-refractivity contribution in [2.75, 3.05) is 13.1 Å². The second-order valence-electron chi connectivity index (χ2n) is 5.13. The van der Waals surface area contributed by atoms with Gasteiger partial charge in [0.05, 0.1) is 11.9 Å². The van der Waals surface area contributed by atoms with E-state index in [1.165, 1.54) is 18.4 Å². The third kappa shape index (κ3) is 3.20. The second kappa shape index (κ2) is 6.88. The standard InChI is InChI=1S/C15H20N4.ClH/c16-9-15-7-4-8-18(15)11-13-10-17-19(12-13)14-5-2-1-3-6-14;/h1-3,5-6,10,12,15H,4,7-9,11,16H2;1H. The lowest BCUT2D eigenvalue weighted by atomic mass is 10.2. The smallest absolute Gasteiger partial charge is 0.0645 e. The minimum absolute atomic E-state index is 0. The van der Waals surface area contributed by atoms with Crippen LogP contribution in [0.4, 0.5) is 0 Å². The molecule has 1 fully saturated rings. The molecule has 1 saturated heterocycles. The molecule has 0 bridgehead atoms. The maximum atomic E-state index is 5.81. The quantitative estimate of drug-likeness (QED) is 0.940. The van der Waals surface area contributed by atoms with Gasteiger partial charge in [-0.15, -0.1) is 12.4 Å². The molecule has 1 aliphatic rings. The van der Waals surface area contributed by atoms with Gasteiger partial charge in [-0.05, 0) is 31.5 Å². The molecule has 0 radical (unpaired) electrons. The maximum Gasteiger partial charge on any atom is 0.0645 e. The lowest BCUT2D eigenvalue weighted by Crippen LogP contribution is -2.34. The van der Waals surface area contributed by atoms with Crippen molar-refractivity contribution < 1.29 is 0 Å². The van der Waals surface area contributed by atoms with Crippen LogP contribution in [0.3, 0.4) is 0 Å². The van der Waals surface area contributed by atoms with E-state index in [0.29, 0.717) is 6.04 Å². The molecule has 1 aliphatic heterocycles. The molecule has 20 heavy (non-hydrogen) atoms. The van der Waals surface area contributed by atoms with Gasteiger partial charge in [-0.3, -0.25) is 4.90 Å². The Kier molecular flexibility index (Phi) is 5.17. The third-order valence-electron chi connectivity index (χ3n) is 3.81. The number of likely N-dealkylation sites (tertiary alicyclic amines) is 1. The molecule has 108 valence electrons. The van der Waals surface area contributed by atoms with Gasteiger partial charge in [0.15, 0.2) is 0 Å². The molecule has 1 aromatic carbocycles. The van der Waals surface area contributed by atoms with E-state index in [2.05, 4.69) is 28.3 Å². The van der Waals surface area contributed by atoms with Crippen LogP contribution in [0.2, 0.25) is 0 Å². The van der Waals surface area contributed by atoms with E-state index >= 15 is 0 Å². The molecule has 2 N–H and O–H groups in total. The van der Waals surface area contributed by atoms with Crippen LogP contribution in [0.5, 0.6) is 0 Å². The fourth-order valence-electron chi connectivity index (χ4n) is 2.77. The van der Waals surface area contributed by atoms with Gasteiger partial charge in [0.25, 0.3) is 0 Å². The number of nitrogens with two attached hydrogens (primary N) is 1. The summed E-state index contributed by atoms with van der Waals surface area (Å²) in [5.74, 6) is 0. The van der Waals surface area contributed by atoms with Gasteiger partial charge in [-0.2, -0.15) is 5.10 Å². The topological polar surface area (TPSA) is 47.1 Å². The van der Waals surface area contributed by atoms with E-state index < -0.39 is 0 Å². The molecule has 0 aliphatic carbocycles. The summed E-state index contributed by atoms with van der Waals surface area (Å²) >= 11 is 0. The predicted octanol–water partition coefficient (Wildman–Crippen LogP) is 2.22. The summed E-state index contributed by atoms with van der Waals surface area (Å²) < 4.78 is 1.93. The summed E-state index contributed by atoms with van der Waals surface area (Å²) in [6.45, 7) is 2.86. The SMILES string of the molecule is Cl.NCC1CCCN1Cc1cnn(-c2ccccc2)c1. The number of hydrogen-bond acceptors (Lipinski definition) is 3. The molecule has 0 saturated carbocycles. The number of nitrogens with zero attached hydrogens (tertiary/aromatic N) is 3. The second-order valence-corrected chi connectivity index (χ2v) is 5.13. The molecular weight excluding hydrogens is 272 g/mol. The summed E-state index contributed by atoms with van der Waals surface area (Å²) in [5.41, 5.74) is 8.17. The van der Waals surface area contributed by atoms with Crippen LogP contribution in [0.1, 0.15) is 18.4 Å². The monoisotopic (exact) mass is 292 g/mol. The van der Waals surface area contributed by atoms with Crippen molar-refractivity contribution in [1.82, 2.24) is 14.7 Å². The van der Waals surface area contributed by atoms with E-state index in [4.69, 9.17) is 5.73 Å². The van der Waals surface area contributed by atoms with E-state index in [9.17, 15) is 0 Å². The molecular formula is C15H21ClN4. The highest BCUT2D eigenvalue weighted by atomic mass is 35.5. The Morgan fingerprint density at radius 2 is 2.05 bits per heavy atom. The number of para-hydroxylation sites is 1. The number of rotatable bonds is 4. The van der Waals surface area contributed by atoms with Crippen molar-refractivity contribution in [1.29, 1.82) is 0 Å². The first-order valence-electron chi connectivity index (χ1n) is 6.90. The lowest BCUT2D eigenvalue weighted by Gasteiger charge is -2.22. The highest BCUT2D eigenvalue weighted by Gasteiger charge is 2.23. The molecule has 5 heteroatoms. The molecule has 4 nitrogen and oxygen atoms in total. The molecule has 2 aromatic rings. The van der Waals surface area contributed by atoms with E-state index in [-0.39, 0.29) is 12.4 Å². The zero-order chi connectivity index (χ0) is 13.1. The fraction of sp³-hybridized carbons (Fsp3) is 0.400. The molecule has 3 rings (SSSR count). The normalized spacial score (nSPS) is 18.9. The minimum atomic E-state index is 0. The summed E-state index contributed by atoms with van der Waals surface area (Å²) in [6.07, 6.45) is 6.55. The van der Waals surface area contributed by atoms with E-state index in [1.54, 1.807) is 0 Å². The summed E-state index contributed by atoms with van der Waals surface area (Å²) in [5, 5.41) is 4.44. The summed E-state index contributed by atoms with van der Waals surface area (Å²) in [6, 6.07) is 10.7. The Balaban J connectivity index is 0.00000147. The van der Waals surface area contributed by atoms with Gasteiger partial charge < -0.3 is 5.73 Å². The van der Waals surface area contributed by atoms with Gasteiger partial charge in [-0.1, -0.05) is 18.2 Å². The van der Waals surface area contributed by atoms with Gasteiger partial charge in [0.1, 0.15) is 0 Å². The number of aromatic nitrogens is 2. The Labute approximate surface area is 126 Å². The van der Waals surface area contributed by atoms with Crippen LogP contribution in [0.25, 0.3) is 5.69 Å². The van der Waals surface area contributed by atoms with Gasteiger partial charge in [0.2, 0.25) is 0 Å². The van der Waals surface area contributed by atoms with E-state index in [0.717, 1.165) is 25.3 Å². The Morgan fingerprint density at radius 3 is 2.80 bits per heavy atom. The van der Waals surface area contributed by atoms with Gasteiger partial charge >= 0.3 is 0 Å². The van der Waals surface area contributed by atoms with Gasteiger partial charge in [-0.25, -0.2) is 4.68 Å². The fourth-order valence-corrected chi connectivity index (χ4v) is 2.77. The van der Waals surface area contributed by atoms with Crippen molar-refractivity contribution in [2.24, 2.45) is 5.73 Å². The number of halogens is 1. The average molecular weight is 293 g/mol. The van der Waals surface area contributed by atoms with Crippen molar-refractivity contribution in [3.63, 3.8) is 0 Å². The highest BCUT2D eigenvalue weighted by molar-refractivity contribution is 5.85. The molecule has 0 amide bonds. The lowest BCUT2D eigenvalue weighted by molar-refractivity contribution is 0.250. The molecule has 2 heterocycles. The number of hydrogen-bond donors (Lipinski definition) is 1. The van der Waals surface area contributed by atoms with Crippen LogP contribution >= 0.6 is 12.4 Å².